The number of carboxylic acids is 1. The average molecular weight is 242 g/mol. The van der Waals surface area contributed by atoms with Crippen molar-refractivity contribution in [2.24, 2.45) is 11.5 Å². The summed E-state index contributed by atoms with van der Waals surface area (Å²) in [5.74, 6) is -0.933. The van der Waals surface area contributed by atoms with E-state index in [2.05, 4.69) is 0 Å². The first kappa shape index (κ1) is 16.7. The molecule has 0 aliphatic heterocycles. The normalized spacial score (nSPS) is 12.5. The average Bonchev–Trinajstić information content (AvgIpc) is 2.01. The summed E-state index contributed by atoms with van der Waals surface area (Å²) in [4.78, 5) is 10.1. The molecule has 9 heteroatoms. The van der Waals surface area contributed by atoms with Gasteiger partial charge in [0.25, 0.3) is 0 Å². The molecule has 0 radical (unpaired) electrons. The van der Waals surface area contributed by atoms with Crippen molar-refractivity contribution >= 4 is 16.4 Å². The van der Waals surface area contributed by atoms with Crippen LogP contribution in [0, 0.1) is 0 Å². The highest BCUT2D eigenvalue weighted by Crippen LogP contribution is 1.96. The van der Waals surface area contributed by atoms with Gasteiger partial charge in [0.05, 0.1) is 0 Å². The minimum Gasteiger partial charge on any atom is -0.759 e. The Kier molecular flexibility index (Phi) is 9.52. The molecule has 1 unspecified atom stereocenters. The summed E-state index contributed by atoms with van der Waals surface area (Å²) in [7, 11) is -5.17. The quantitative estimate of drug-likeness (QED) is 0.287. The molecule has 0 aromatic carbocycles. The van der Waals surface area contributed by atoms with Crippen LogP contribution < -0.4 is 11.5 Å². The van der Waals surface area contributed by atoms with Gasteiger partial charge in [-0.2, -0.15) is 0 Å². The van der Waals surface area contributed by atoms with Gasteiger partial charge >= 0.3 is 5.97 Å². The molecule has 0 aromatic heterocycles. The number of aliphatic carboxylic acids is 1. The van der Waals surface area contributed by atoms with E-state index in [1.165, 1.54) is 0 Å². The van der Waals surface area contributed by atoms with Gasteiger partial charge in [-0.3, -0.25) is 13.2 Å². The van der Waals surface area contributed by atoms with E-state index >= 15 is 0 Å². The molecule has 0 aromatic rings. The summed E-state index contributed by atoms with van der Waals surface area (Å²) in [5, 5.41) is 8.33. The van der Waals surface area contributed by atoms with E-state index < -0.39 is 22.4 Å². The Bertz CT molecular complexity index is 257. The first-order valence-electron chi connectivity index (χ1n) is 4.03. The van der Waals surface area contributed by atoms with E-state index in [1.54, 1.807) is 0 Å². The summed E-state index contributed by atoms with van der Waals surface area (Å²) in [6, 6.07) is -0.716. The zero-order valence-electron chi connectivity index (χ0n) is 7.96. The highest BCUT2D eigenvalue weighted by atomic mass is 32.3. The lowest BCUT2D eigenvalue weighted by Gasteiger charge is -2.06. The zero-order chi connectivity index (χ0) is 12.5. The number of nitrogens with two attached hydrogens (primary N) is 2. The van der Waals surface area contributed by atoms with Crippen LogP contribution in [0.3, 0.4) is 0 Å². The van der Waals surface area contributed by atoms with Crippen LogP contribution in [0.2, 0.25) is 0 Å². The first-order chi connectivity index (χ1) is 6.68. The van der Waals surface area contributed by atoms with Crippen molar-refractivity contribution in [3.63, 3.8) is 0 Å². The number of hydrogen-bond acceptors (Lipinski definition) is 7. The minimum atomic E-state index is -5.17. The summed E-state index contributed by atoms with van der Waals surface area (Å²) in [5.41, 5.74) is 10.4. The van der Waals surface area contributed by atoms with Crippen LogP contribution in [0.1, 0.15) is 19.3 Å². The summed E-state index contributed by atoms with van der Waals surface area (Å²) in [6.45, 7) is 0.604. The van der Waals surface area contributed by atoms with Crippen LogP contribution in [-0.2, 0) is 15.2 Å². The molecule has 0 aliphatic carbocycles. The van der Waals surface area contributed by atoms with E-state index in [-0.39, 0.29) is 0 Å². The lowest BCUT2D eigenvalue weighted by atomic mass is 10.1. The predicted octanol–water partition coefficient (Wildman–Crippen LogP) is -1.81. The van der Waals surface area contributed by atoms with Gasteiger partial charge < -0.3 is 25.7 Å². The number of hydrogen-bond donors (Lipinski definition) is 3. The summed E-state index contributed by atoms with van der Waals surface area (Å²) in [6.07, 6.45) is 2.16. The fourth-order valence-electron chi connectivity index (χ4n) is 0.632. The zero-order valence-corrected chi connectivity index (χ0v) is 8.77. The molecule has 0 amide bonds. The third kappa shape index (κ3) is 24.6. The Morgan fingerprint density at radius 1 is 1.33 bits per heavy atom. The van der Waals surface area contributed by atoms with Crippen molar-refractivity contribution in [1.29, 1.82) is 0 Å². The van der Waals surface area contributed by atoms with E-state index in [0.717, 1.165) is 12.8 Å². The molecule has 5 N–H and O–H groups in total. The molecule has 0 bridgehead atoms. The maximum absolute atomic E-state index is 10.1. The van der Waals surface area contributed by atoms with Gasteiger partial charge in [-0.05, 0) is 19.4 Å². The molecule has 0 aliphatic rings. The standard InChI is InChI=1S/C6H14N2O2.H2O4S/c7-4-2-1-3-5(8)6(9)10;1-5(2,3)4/h5H,1-4,7-8H2,(H,9,10);(H2,1,2,3,4)/p-2. The number of rotatable bonds is 5. The van der Waals surface area contributed by atoms with Crippen LogP contribution in [0.4, 0.5) is 0 Å². The molecule has 8 nitrogen and oxygen atoms in total. The number of carbonyl (C=O) groups is 1. The van der Waals surface area contributed by atoms with Gasteiger partial charge in [-0.15, -0.1) is 0 Å². The lowest BCUT2D eigenvalue weighted by molar-refractivity contribution is -0.138. The Hall–Kier alpha value is -0.740. The van der Waals surface area contributed by atoms with Gasteiger partial charge in [-0.25, -0.2) is 0 Å². The molecular weight excluding hydrogens is 228 g/mol. The monoisotopic (exact) mass is 242 g/mol. The van der Waals surface area contributed by atoms with Gasteiger partial charge in [0, 0.05) is 10.4 Å². The summed E-state index contributed by atoms with van der Waals surface area (Å²) < 4.78 is 34.1. The van der Waals surface area contributed by atoms with Gasteiger partial charge in [0.2, 0.25) is 0 Å². The van der Waals surface area contributed by atoms with Crippen molar-refractivity contribution in [3.05, 3.63) is 0 Å². The second-order valence-electron chi connectivity index (χ2n) is 2.64. The molecule has 0 heterocycles. The second-order valence-corrected chi connectivity index (χ2v) is 3.45. The van der Waals surface area contributed by atoms with Crippen LogP contribution in [0.5, 0.6) is 0 Å². The van der Waals surface area contributed by atoms with Gasteiger partial charge in [0.1, 0.15) is 6.04 Å². The molecular formula is C6H14N2O6S-2. The third-order valence-corrected chi connectivity index (χ3v) is 1.29. The fraction of sp³-hybridized carbons (Fsp3) is 0.833. The van der Waals surface area contributed by atoms with Crippen molar-refractivity contribution in [2.45, 2.75) is 25.3 Å². The second kappa shape index (κ2) is 8.56. The molecule has 0 spiro atoms. The van der Waals surface area contributed by atoms with Gasteiger partial charge in [-0.1, -0.05) is 6.42 Å². The Labute approximate surface area is 87.8 Å². The topological polar surface area (TPSA) is 170 Å². The first-order valence-corrected chi connectivity index (χ1v) is 5.37. The Balaban J connectivity index is 0. The lowest BCUT2D eigenvalue weighted by Crippen LogP contribution is -2.29. The Morgan fingerprint density at radius 2 is 1.73 bits per heavy atom. The third-order valence-electron chi connectivity index (χ3n) is 1.29. The van der Waals surface area contributed by atoms with Crippen molar-refractivity contribution in [3.8, 4) is 0 Å². The largest absolute Gasteiger partial charge is 0.759 e. The minimum absolute atomic E-state index is 0.520. The fourth-order valence-corrected chi connectivity index (χ4v) is 0.632. The van der Waals surface area contributed by atoms with Crippen molar-refractivity contribution in [1.82, 2.24) is 0 Å². The van der Waals surface area contributed by atoms with Crippen molar-refractivity contribution < 1.29 is 27.4 Å². The van der Waals surface area contributed by atoms with E-state index in [9.17, 15) is 4.79 Å². The van der Waals surface area contributed by atoms with E-state index in [4.69, 9.17) is 34.1 Å². The van der Waals surface area contributed by atoms with Gasteiger partial charge in [0.15, 0.2) is 0 Å². The molecule has 0 saturated carbocycles. The molecule has 15 heavy (non-hydrogen) atoms. The molecule has 1 atom stereocenters. The highest BCUT2D eigenvalue weighted by Gasteiger charge is 2.09. The highest BCUT2D eigenvalue weighted by molar-refractivity contribution is 7.79. The maximum Gasteiger partial charge on any atom is 0.320 e. The molecule has 0 rings (SSSR count). The SMILES string of the molecule is NCCCCC(N)C(=O)O.O=S(=O)([O-])[O-]. The summed E-state index contributed by atoms with van der Waals surface area (Å²) >= 11 is 0. The van der Waals surface area contributed by atoms with Crippen LogP contribution >= 0.6 is 0 Å². The number of carboxylic acid groups (broad SMARTS) is 1. The van der Waals surface area contributed by atoms with Crippen LogP contribution in [0.25, 0.3) is 0 Å². The van der Waals surface area contributed by atoms with Crippen molar-refractivity contribution in [2.75, 3.05) is 6.54 Å². The van der Waals surface area contributed by atoms with Crippen LogP contribution in [0.15, 0.2) is 0 Å². The smallest absolute Gasteiger partial charge is 0.320 e. The Morgan fingerprint density at radius 3 is 2.00 bits per heavy atom. The predicted molar refractivity (Wildman–Crippen MR) is 49.0 cm³/mol. The molecule has 92 valence electrons. The molecule has 0 saturated heterocycles. The van der Waals surface area contributed by atoms with E-state index in [1.807, 2.05) is 0 Å². The molecule has 0 fully saturated rings. The van der Waals surface area contributed by atoms with Crippen LogP contribution in [-0.4, -0.2) is 41.2 Å². The maximum atomic E-state index is 10.1. The van der Waals surface area contributed by atoms with E-state index in [0.29, 0.717) is 13.0 Å². The number of unbranched alkanes of at least 4 members (excludes halogenated alkanes) is 1.